The lowest BCUT2D eigenvalue weighted by molar-refractivity contribution is -0.153. The van der Waals surface area contributed by atoms with E-state index in [0.717, 1.165) is 12.0 Å². The van der Waals surface area contributed by atoms with Gasteiger partial charge >= 0.3 is 12.0 Å². The second-order valence-corrected chi connectivity index (χ2v) is 5.86. The van der Waals surface area contributed by atoms with Crippen LogP contribution in [0, 0.1) is 5.41 Å². The zero-order valence-electron chi connectivity index (χ0n) is 11.7. The summed E-state index contributed by atoms with van der Waals surface area (Å²) in [4.78, 5) is 22.8. The molecular weight excluding hydrogens is 292 g/mol. The first-order valence-corrected chi connectivity index (χ1v) is 7.39. The number of rotatable bonds is 6. The van der Waals surface area contributed by atoms with Crippen LogP contribution in [-0.2, 0) is 11.2 Å². The molecule has 0 bridgehead atoms. The molecule has 114 valence electrons. The van der Waals surface area contributed by atoms with Crippen LogP contribution in [0.25, 0.3) is 0 Å². The molecule has 2 rings (SSSR count). The molecule has 0 saturated heterocycles. The van der Waals surface area contributed by atoms with Crippen molar-refractivity contribution >= 4 is 23.6 Å². The van der Waals surface area contributed by atoms with Crippen molar-refractivity contribution in [3.05, 3.63) is 34.9 Å². The number of carboxylic acids is 1. The van der Waals surface area contributed by atoms with Gasteiger partial charge in [0.05, 0.1) is 5.41 Å². The van der Waals surface area contributed by atoms with Crippen LogP contribution in [0.1, 0.15) is 24.8 Å². The molecule has 0 spiro atoms. The van der Waals surface area contributed by atoms with Gasteiger partial charge in [0.1, 0.15) is 0 Å². The van der Waals surface area contributed by atoms with Gasteiger partial charge in [-0.2, -0.15) is 0 Å². The number of nitrogens with one attached hydrogen (secondary N) is 2. The molecule has 5 nitrogen and oxygen atoms in total. The van der Waals surface area contributed by atoms with Crippen molar-refractivity contribution in [3.8, 4) is 0 Å². The monoisotopic (exact) mass is 310 g/mol. The maximum Gasteiger partial charge on any atom is 0.314 e. The van der Waals surface area contributed by atoms with Crippen LogP contribution < -0.4 is 10.6 Å². The first kappa shape index (κ1) is 15.6. The highest BCUT2D eigenvalue weighted by Crippen LogP contribution is 2.40. The SMILES string of the molecule is O=C(NCCc1ccc(Cl)cc1)NCC1(C(=O)O)CCC1. The topological polar surface area (TPSA) is 78.4 Å². The summed E-state index contributed by atoms with van der Waals surface area (Å²) in [6.45, 7) is 0.683. The van der Waals surface area contributed by atoms with Crippen molar-refractivity contribution in [3.63, 3.8) is 0 Å². The molecule has 3 N–H and O–H groups in total. The lowest BCUT2D eigenvalue weighted by Crippen LogP contribution is -2.49. The van der Waals surface area contributed by atoms with Crippen LogP contribution in [0.15, 0.2) is 24.3 Å². The number of carbonyl (C=O) groups excluding carboxylic acids is 1. The second kappa shape index (κ2) is 6.80. The Morgan fingerprint density at radius 1 is 1.19 bits per heavy atom. The molecule has 0 unspecified atom stereocenters. The molecule has 1 aromatic carbocycles. The van der Waals surface area contributed by atoms with Gasteiger partial charge in [0.15, 0.2) is 0 Å². The molecule has 21 heavy (non-hydrogen) atoms. The third kappa shape index (κ3) is 4.11. The minimum Gasteiger partial charge on any atom is -0.481 e. The lowest BCUT2D eigenvalue weighted by Gasteiger charge is -2.37. The number of carboxylic acid groups (broad SMARTS) is 1. The Morgan fingerprint density at radius 3 is 2.38 bits per heavy atom. The Kier molecular flexibility index (Phi) is 5.07. The molecule has 6 heteroatoms. The van der Waals surface area contributed by atoms with Gasteiger partial charge in [0, 0.05) is 18.1 Å². The largest absolute Gasteiger partial charge is 0.481 e. The fraction of sp³-hybridized carbons (Fsp3) is 0.467. The molecule has 0 aromatic heterocycles. The molecule has 0 radical (unpaired) electrons. The maximum atomic E-state index is 11.7. The van der Waals surface area contributed by atoms with Crippen molar-refractivity contribution in [2.45, 2.75) is 25.7 Å². The Hall–Kier alpha value is -1.75. The Bertz CT molecular complexity index is 512. The van der Waals surface area contributed by atoms with Gasteiger partial charge in [-0.15, -0.1) is 0 Å². The van der Waals surface area contributed by atoms with E-state index in [1.165, 1.54) is 0 Å². The summed E-state index contributed by atoms with van der Waals surface area (Å²) < 4.78 is 0. The predicted octanol–water partition coefficient (Wildman–Crippen LogP) is 2.44. The van der Waals surface area contributed by atoms with Crippen LogP contribution in [0.2, 0.25) is 5.02 Å². The Labute approximate surface area is 128 Å². The Morgan fingerprint density at radius 2 is 1.86 bits per heavy atom. The zero-order valence-corrected chi connectivity index (χ0v) is 12.4. The third-order valence-electron chi connectivity index (χ3n) is 3.96. The quantitative estimate of drug-likeness (QED) is 0.755. The molecule has 2 amide bonds. The minimum absolute atomic E-state index is 0.190. The summed E-state index contributed by atoms with van der Waals surface area (Å²) in [5, 5.41) is 15.2. The van der Waals surface area contributed by atoms with Gasteiger partial charge in [-0.1, -0.05) is 30.2 Å². The van der Waals surface area contributed by atoms with Gasteiger partial charge < -0.3 is 15.7 Å². The third-order valence-corrected chi connectivity index (χ3v) is 4.22. The predicted molar refractivity (Wildman–Crippen MR) is 80.5 cm³/mol. The number of benzene rings is 1. The number of aliphatic carboxylic acids is 1. The fourth-order valence-corrected chi connectivity index (χ4v) is 2.48. The highest BCUT2D eigenvalue weighted by atomic mass is 35.5. The van der Waals surface area contributed by atoms with Crippen molar-refractivity contribution in [2.24, 2.45) is 5.41 Å². The van der Waals surface area contributed by atoms with Crippen molar-refractivity contribution in [1.29, 1.82) is 0 Å². The van der Waals surface area contributed by atoms with Crippen LogP contribution in [0.3, 0.4) is 0 Å². The summed E-state index contributed by atoms with van der Waals surface area (Å²) in [5.41, 5.74) is 0.328. The molecule has 1 aromatic rings. The number of amides is 2. The summed E-state index contributed by atoms with van der Waals surface area (Å²) >= 11 is 5.80. The van der Waals surface area contributed by atoms with E-state index in [1.807, 2.05) is 24.3 Å². The number of hydrogen-bond donors (Lipinski definition) is 3. The molecule has 1 fully saturated rings. The van der Waals surface area contributed by atoms with Gasteiger partial charge in [0.2, 0.25) is 0 Å². The fourth-order valence-electron chi connectivity index (χ4n) is 2.35. The van der Waals surface area contributed by atoms with E-state index in [9.17, 15) is 9.59 Å². The first-order chi connectivity index (χ1) is 10.0. The molecule has 0 aliphatic heterocycles. The van der Waals surface area contributed by atoms with Gasteiger partial charge in [-0.25, -0.2) is 4.79 Å². The van der Waals surface area contributed by atoms with Crippen molar-refractivity contribution < 1.29 is 14.7 Å². The summed E-state index contributed by atoms with van der Waals surface area (Å²) in [5.74, 6) is -0.824. The van der Waals surface area contributed by atoms with Crippen LogP contribution in [0.4, 0.5) is 4.79 Å². The number of urea groups is 1. The highest BCUT2D eigenvalue weighted by molar-refractivity contribution is 6.30. The minimum atomic E-state index is -0.824. The van der Waals surface area contributed by atoms with Gasteiger partial charge in [-0.3, -0.25) is 4.79 Å². The zero-order chi connectivity index (χ0) is 15.3. The van der Waals surface area contributed by atoms with E-state index in [0.29, 0.717) is 30.8 Å². The lowest BCUT2D eigenvalue weighted by atomic mass is 9.69. The average Bonchev–Trinajstić information content (AvgIpc) is 2.39. The molecule has 1 aliphatic rings. The van der Waals surface area contributed by atoms with E-state index < -0.39 is 11.4 Å². The summed E-state index contributed by atoms with van der Waals surface area (Å²) in [6, 6.07) is 7.12. The number of carbonyl (C=O) groups is 2. The van der Waals surface area contributed by atoms with Crippen LogP contribution in [-0.4, -0.2) is 30.2 Å². The standard InChI is InChI=1S/C15H19ClN2O3/c16-12-4-2-11(3-5-12)6-9-17-14(21)18-10-15(13(19)20)7-1-8-15/h2-5H,1,6-10H2,(H,19,20)(H2,17,18,21). The maximum absolute atomic E-state index is 11.7. The van der Waals surface area contributed by atoms with E-state index in [4.69, 9.17) is 16.7 Å². The molecular formula is C15H19ClN2O3. The van der Waals surface area contributed by atoms with Gasteiger partial charge in [-0.05, 0) is 37.0 Å². The van der Waals surface area contributed by atoms with E-state index >= 15 is 0 Å². The average molecular weight is 311 g/mol. The van der Waals surface area contributed by atoms with Crippen molar-refractivity contribution in [1.82, 2.24) is 10.6 Å². The highest BCUT2D eigenvalue weighted by Gasteiger charge is 2.44. The second-order valence-electron chi connectivity index (χ2n) is 5.42. The first-order valence-electron chi connectivity index (χ1n) is 7.01. The number of hydrogen-bond acceptors (Lipinski definition) is 2. The smallest absolute Gasteiger partial charge is 0.314 e. The van der Waals surface area contributed by atoms with E-state index in [1.54, 1.807) is 0 Å². The molecule has 1 aliphatic carbocycles. The van der Waals surface area contributed by atoms with Gasteiger partial charge in [0.25, 0.3) is 0 Å². The van der Waals surface area contributed by atoms with Crippen molar-refractivity contribution in [2.75, 3.05) is 13.1 Å². The van der Waals surface area contributed by atoms with E-state index in [2.05, 4.69) is 10.6 Å². The van der Waals surface area contributed by atoms with E-state index in [-0.39, 0.29) is 12.6 Å². The molecule has 0 atom stereocenters. The Balaban J connectivity index is 1.68. The summed E-state index contributed by atoms with van der Waals surface area (Å²) in [6.07, 6.45) is 2.88. The summed E-state index contributed by atoms with van der Waals surface area (Å²) in [7, 11) is 0. The molecule has 1 saturated carbocycles. The van der Waals surface area contributed by atoms with Crippen LogP contribution in [0.5, 0.6) is 0 Å². The van der Waals surface area contributed by atoms with Crippen LogP contribution >= 0.6 is 11.6 Å². The normalized spacial score (nSPS) is 15.9. The molecule has 0 heterocycles. The number of halogens is 1.